The standard InChI is InChI=1S/C14H21N3O2/c18-14(16-8-10-19-11-9-16)13-2-1-7-17(13)12-3-5-15-6-4-12/h1-2,7,12,15H,3-6,8-11H2. The van der Waals surface area contributed by atoms with E-state index in [0.717, 1.165) is 31.6 Å². The summed E-state index contributed by atoms with van der Waals surface area (Å²) in [5.74, 6) is 0.145. The van der Waals surface area contributed by atoms with Crippen LogP contribution in [0, 0.1) is 0 Å². The highest BCUT2D eigenvalue weighted by atomic mass is 16.5. The summed E-state index contributed by atoms with van der Waals surface area (Å²) in [6.07, 6.45) is 4.24. The molecule has 5 nitrogen and oxygen atoms in total. The number of piperidine rings is 1. The van der Waals surface area contributed by atoms with E-state index in [1.54, 1.807) is 0 Å². The number of morpholine rings is 1. The number of amides is 1. The van der Waals surface area contributed by atoms with Gasteiger partial charge < -0.3 is 19.5 Å². The maximum Gasteiger partial charge on any atom is 0.270 e. The second-order valence-corrected chi connectivity index (χ2v) is 5.19. The SMILES string of the molecule is O=C(c1cccn1C1CCNCC1)N1CCOCC1. The normalized spacial score (nSPS) is 21.6. The molecule has 0 spiro atoms. The number of nitrogens with one attached hydrogen (secondary N) is 1. The van der Waals surface area contributed by atoms with Crippen LogP contribution in [0.25, 0.3) is 0 Å². The molecule has 2 aliphatic heterocycles. The lowest BCUT2D eigenvalue weighted by atomic mass is 10.1. The molecule has 2 saturated heterocycles. The van der Waals surface area contributed by atoms with Crippen LogP contribution in [0.3, 0.4) is 0 Å². The molecule has 0 atom stereocenters. The topological polar surface area (TPSA) is 46.5 Å². The number of hydrogen-bond donors (Lipinski definition) is 1. The summed E-state index contributed by atoms with van der Waals surface area (Å²) in [6.45, 7) is 4.79. The Kier molecular flexibility index (Phi) is 3.84. The zero-order valence-electron chi connectivity index (χ0n) is 11.2. The number of hydrogen-bond acceptors (Lipinski definition) is 3. The van der Waals surface area contributed by atoms with E-state index in [-0.39, 0.29) is 5.91 Å². The molecule has 0 radical (unpaired) electrons. The number of rotatable bonds is 2. The largest absolute Gasteiger partial charge is 0.378 e. The maximum atomic E-state index is 12.6. The predicted molar refractivity (Wildman–Crippen MR) is 72.3 cm³/mol. The lowest BCUT2D eigenvalue weighted by molar-refractivity contribution is 0.0294. The highest BCUT2D eigenvalue weighted by molar-refractivity contribution is 5.92. The number of carbonyl (C=O) groups is 1. The molecule has 1 aromatic heterocycles. The maximum absolute atomic E-state index is 12.6. The smallest absolute Gasteiger partial charge is 0.270 e. The third-order valence-corrected chi connectivity index (χ3v) is 4.00. The van der Waals surface area contributed by atoms with Crippen molar-refractivity contribution in [3.8, 4) is 0 Å². The molecule has 0 aliphatic carbocycles. The molecule has 5 heteroatoms. The van der Waals surface area contributed by atoms with Gasteiger partial charge in [0.1, 0.15) is 5.69 Å². The Morgan fingerprint density at radius 3 is 2.74 bits per heavy atom. The van der Waals surface area contributed by atoms with Crippen LogP contribution < -0.4 is 5.32 Å². The quantitative estimate of drug-likeness (QED) is 0.862. The van der Waals surface area contributed by atoms with E-state index in [1.807, 2.05) is 23.2 Å². The first kappa shape index (κ1) is 12.7. The van der Waals surface area contributed by atoms with Crippen molar-refractivity contribution in [3.05, 3.63) is 24.0 Å². The van der Waals surface area contributed by atoms with Crippen LogP contribution >= 0.6 is 0 Å². The fourth-order valence-electron chi connectivity index (χ4n) is 2.91. The first-order chi connectivity index (χ1) is 9.36. The van der Waals surface area contributed by atoms with Gasteiger partial charge in [-0.05, 0) is 38.1 Å². The van der Waals surface area contributed by atoms with Crippen LogP contribution in [0.5, 0.6) is 0 Å². The van der Waals surface area contributed by atoms with Crippen molar-refractivity contribution in [3.63, 3.8) is 0 Å². The Morgan fingerprint density at radius 1 is 1.26 bits per heavy atom. The van der Waals surface area contributed by atoms with Crippen molar-refractivity contribution in [1.82, 2.24) is 14.8 Å². The van der Waals surface area contributed by atoms with Gasteiger partial charge in [-0.1, -0.05) is 0 Å². The van der Waals surface area contributed by atoms with E-state index >= 15 is 0 Å². The third kappa shape index (κ3) is 2.67. The fraction of sp³-hybridized carbons (Fsp3) is 0.643. The van der Waals surface area contributed by atoms with E-state index < -0.39 is 0 Å². The molecular weight excluding hydrogens is 242 g/mol. The van der Waals surface area contributed by atoms with E-state index in [1.165, 1.54) is 0 Å². The van der Waals surface area contributed by atoms with Crippen LogP contribution in [-0.4, -0.2) is 54.8 Å². The number of ether oxygens (including phenoxy) is 1. The molecule has 1 amide bonds. The monoisotopic (exact) mass is 263 g/mol. The van der Waals surface area contributed by atoms with Crippen LogP contribution in [0.4, 0.5) is 0 Å². The predicted octanol–water partition coefficient (Wildman–Crippen LogP) is 0.885. The molecule has 0 bridgehead atoms. The Balaban J connectivity index is 1.76. The van der Waals surface area contributed by atoms with Crippen molar-refractivity contribution in [2.24, 2.45) is 0 Å². The Hall–Kier alpha value is -1.33. The van der Waals surface area contributed by atoms with Gasteiger partial charge in [-0.2, -0.15) is 0 Å². The number of carbonyl (C=O) groups excluding carboxylic acids is 1. The molecule has 104 valence electrons. The van der Waals surface area contributed by atoms with Crippen LogP contribution in [0.15, 0.2) is 18.3 Å². The van der Waals surface area contributed by atoms with Gasteiger partial charge in [0.05, 0.1) is 13.2 Å². The molecule has 2 aliphatic rings. The zero-order chi connectivity index (χ0) is 13.1. The Labute approximate surface area is 113 Å². The summed E-state index contributed by atoms with van der Waals surface area (Å²) in [5.41, 5.74) is 0.828. The Morgan fingerprint density at radius 2 is 2.00 bits per heavy atom. The highest BCUT2D eigenvalue weighted by Crippen LogP contribution is 2.22. The second kappa shape index (κ2) is 5.75. The van der Waals surface area contributed by atoms with Crippen LogP contribution in [-0.2, 0) is 4.74 Å². The summed E-state index contributed by atoms with van der Waals surface area (Å²) in [7, 11) is 0. The van der Waals surface area contributed by atoms with E-state index in [0.29, 0.717) is 32.3 Å². The molecule has 0 unspecified atom stereocenters. The fourth-order valence-corrected chi connectivity index (χ4v) is 2.91. The van der Waals surface area contributed by atoms with Gasteiger partial charge in [0, 0.05) is 25.3 Å². The van der Waals surface area contributed by atoms with Crippen molar-refractivity contribution < 1.29 is 9.53 Å². The second-order valence-electron chi connectivity index (χ2n) is 5.19. The van der Waals surface area contributed by atoms with E-state index in [2.05, 4.69) is 9.88 Å². The average molecular weight is 263 g/mol. The van der Waals surface area contributed by atoms with E-state index in [9.17, 15) is 4.79 Å². The number of nitrogens with zero attached hydrogens (tertiary/aromatic N) is 2. The van der Waals surface area contributed by atoms with Crippen molar-refractivity contribution in [2.45, 2.75) is 18.9 Å². The molecule has 1 N–H and O–H groups in total. The molecule has 19 heavy (non-hydrogen) atoms. The molecule has 3 rings (SSSR count). The molecular formula is C14H21N3O2. The summed E-state index contributed by atoms with van der Waals surface area (Å²) in [5, 5.41) is 3.36. The Bertz CT molecular complexity index is 432. The highest BCUT2D eigenvalue weighted by Gasteiger charge is 2.24. The van der Waals surface area contributed by atoms with Gasteiger partial charge in [-0.25, -0.2) is 0 Å². The minimum absolute atomic E-state index is 0.145. The van der Waals surface area contributed by atoms with E-state index in [4.69, 9.17) is 4.74 Å². The van der Waals surface area contributed by atoms with Gasteiger partial charge in [0.15, 0.2) is 0 Å². The van der Waals surface area contributed by atoms with Crippen LogP contribution in [0.1, 0.15) is 29.4 Å². The first-order valence-corrected chi connectivity index (χ1v) is 7.11. The van der Waals surface area contributed by atoms with Gasteiger partial charge >= 0.3 is 0 Å². The summed E-state index contributed by atoms with van der Waals surface area (Å²) < 4.78 is 7.47. The molecule has 3 heterocycles. The average Bonchev–Trinajstić information content (AvgIpc) is 2.98. The lowest BCUT2D eigenvalue weighted by Crippen LogP contribution is -2.42. The van der Waals surface area contributed by atoms with Crippen molar-refractivity contribution >= 4 is 5.91 Å². The van der Waals surface area contributed by atoms with Gasteiger partial charge in [0.25, 0.3) is 5.91 Å². The van der Waals surface area contributed by atoms with Crippen molar-refractivity contribution in [1.29, 1.82) is 0 Å². The zero-order valence-corrected chi connectivity index (χ0v) is 11.2. The molecule has 1 aromatic rings. The van der Waals surface area contributed by atoms with Gasteiger partial charge in [0.2, 0.25) is 0 Å². The van der Waals surface area contributed by atoms with Gasteiger partial charge in [-0.15, -0.1) is 0 Å². The molecule has 0 saturated carbocycles. The minimum Gasteiger partial charge on any atom is -0.378 e. The lowest BCUT2D eigenvalue weighted by Gasteiger charge is -2.30. The van der Waals surface area contributed by atoms with Gasteiger partial charge in [-0.3, -0.25) is 4.79 Å². The minimum atomic E-state index is 0.145. The number of aromatic nitrogens is 1. The summed E-state index contributed by atoms with van der Waals surface area (Å²) in [6, 6.07) is 4.38. The third-order valence-electron chi connectivity index (χ3n) is 4.00. The van der Waals surface area contributed by atoms with Crippen molar-refractivity contribution in [2.75, 3.05) is 39.4 Å². The summed E-state index contributed by atoms with van der Waals surface area (Å²) >= 11 is 0. The first-order valence-electron chi connectivity index (χ1n) is 7.11. The van der Waals surface area contributed by atoms with Crippen LogP contribution in [0.2, 0.25) is 0 Å². The molecule has 2 fully saturated rings. The molecule has 0 aromatic carbocycles. The summed E-state index contributed by atoms with van der Waals surface area (Å²) in [4.78, 5) is 14.5.